The van der Waals surface area contributed by atoms with Gasteiger partial charge in [-0.05, 0) is 36.4 Å². The summed E-state index contributed by atoms with van der Waals surface area (Å²) in [6.45, 7) is 4.32. The Bertz CT molecular complexity index is 1870. The third-order valence-corrected chi connectivity index (χ3v) is 13.8. The van der Waals surface area contributed by atoms with Gasteiger partial charge in [0.05, 0.1) is 42.4 Å². The van der Waals surface area contributed by atoms with Crippen molar-refractivity contribution in [2.75, 3.05) is 109 Å². The molecule has 15 nitrogen and oxygen atoms in total. The van der Waals surface area contributed by atoms with Crippen molar-refractivity contribution < 1.29 is 41.1 Å². The van der Waals surface area contributed by atoms with Gasteiger partial charge in [-0.1, -0.05) is 0 Å². The van der Waals surface area contributed by atoms with Crippen LogP contribution in [0.2, 0.25) is 0 Å². The predicted molar refractivity (Wildman–Crippen MR) is 193 cm³/mol. The summed E-state index contributed by atoms with van der Waals surface area (Å²) < 4.78 is 71.9. The molecular formula is C32H44F2N8O7S2. The van der Waals surface area contributed by atoms with E-state index >= 15 is 0 Å². The highest BCUT2D eigenvalue weighted by atomic mass is 32.2. The second kappa shape index (κ2) is 16.0. The maximum atomic E-state index is 14.7. The monoisotopic (exact) mass is 754 g/mol. The molecule has 0 saturated carbocycles. The van der Waals surface area contributed by atoms with Gasteiger partial charge in [-0.15, -0.1) is 0 Å². The van der Waals surface area contributed by atoms with E-state index in [4.69, 9.17) is 15.2 Å². The van der Waals surface area contributed by atoms with Crippen LogP contribution in [-0.4, -0.2) is 128 Å². The fourth-order valence-corrected chi connectivity index (χ4v) is 9.24. The average molecular weight is 755 g/mol. The first kappa shape index (κ1) is 38.0. The molecule has 0 aliphatic carbocycles. The lowest BCUT2D eigenvalue weighted by atomic mass is 10.2. The number of halogens is 2. The molecule has 4 aliphatic rings. The lowest BCUT2D eigenvalue weighted by Gasteiger charge is -2.31. The second-order valence-corrected chi connectivity index (χ2v) is 17.8. The Kier molecular flexibility index (Phi) is 11.9. The van der Waals surface area contributed by atoms with Gasteiger partial charge in [0.15, 0.2) is 0 Å². The third-order valence-electron chi connectivity index (χ3n) is 9.14. The van der Waals surface area contributed by atoms with Gasteiger partial charge < -0.3 is 30.3 Å². The van der Waals surface area contributed by atoms with E-state index in [9.17, 15) is 31.6 Å². The van der Waals surface area contributed by atoms with Crippen LogP contribution in [0.5, 0.6) is 0 Å². The van der Waals surface area contributed by atoms with Crippen LogP contribution < -0.4 is 30.7 Å². The lowest BCUT2D eigenvalue weighted by molar-refractivity contribution is -0.119. The molecule has 0 spiro atoms. The summed E-state index contributed by atoms with van der Waals surface area (Å²) in [5, 5.41) is 2.60. The van der Waals surface area contributed by atoms with Gasteiger partial charge in [0.25, 0.3) is 0 Å². The summed E-state index contributed by atoms with van der Waals surface area (Å²) in [7, 11) is -1.18. The molecule has 4 saturated heterocycles. The number of rotatable bonds is 7. The number of ether oxygens (including phenoxy) is 2. The molecule has 4 aliphatic heterocycles. The Hall–Kier alpha value is -4.23. The van der Waals surface area contributed by atoms with Crippen molar-refractivity contribution in [3.8, 4) is 0 Å². The zero-order valence-corrected chi connectivity index (χ0v) is 30.4. The minimum absolute atomic E-state index is 0.207. The SMILES string of the molecule is CN=S1(=O)CCN(c2ccc(N3C[C@H](CN)OC3=O)cc2F)CC1.CN=S1(=O)CCN(c2ccc(N3C[C@H](CNC(C)=O)OC3=O)cc2F)CC1. The van der Waals surface area contributed by atoms with Crippen molar-refractivity contribution in [2.24, 2.45) is 14.5 Å². The smallest absolute Gasteiger partial charge is 0.414 e. The van der Waals surface area contributed by atoms with E-state index in [0.29, 0.717) is 78.5 Å². The normalized spacial score (nSPS) is 22.5. The molecule has 2 aromatic carbocycles. The van der Waals surface area contributed by atoms with E-state index in [1.165, 1.54) is 28.9 Å². The first-order chi connectivity index (χ1) is 24.3. The Morgan fingerprint density at radius 2 is 1.22 bits per heavy atom. The Labute approximate surface area is 296 Å². The number of benzene rings is 2. The second-order valence-electron chi connectivity index (χ2n) is 12.4. The number of nitrogens with zero attached hydrogens (tertiary/aromatic N) is 6. The molecule has 0 unspecified atom stereocenters. The zero-order valence-electron chi connectivity index (χ0n) is 28.8. The molecule has 280 valence electrons. The average Bonchev–Trinajstić information content (AvgIpc) is 3.70. The van der Waals surface area contributed by atoms with Crippen LogP contribution in [0.15, 0.2) is 45.1 Å². The van der Waals surface area contributed by atoms with Crippen molar-refractivity contribution in [2.45, 2.75) is 19.1 Å². The molecule has 0 bridgehead atoms. The minimum Gasteiger partial charge on any atom is -0.443 e. The molecule has 0 aromatic heterocycles. The number of cyclic esters (lactones) is 2. The molecule has 0 radical (unpaired) electrons. The topological polar surface area (TPSA) is 180 Å². The van der Waals surface area contributed by atoms with E-state index in [1.54, 1.807) is 38.4 Å². The van der Waals surface area contributed by atoms with Gasteiger partial charge in [0.2, 0.25) is 5.91 Å². The van der Waals surface area contributed by atoms with Crippen LogP contribution in [0.4, 0.5) is 41.1 Å². The highest BCUT2D eigenvalue weighted by Gasteiger charge is 2.34. The molecule has 4 heterocycles. The number of nitrogens with two attached hydrogens (primary N) is 1. The molecule has 51 heavy (non-hydrogen) atoms. The number of hydrogen-bond acceptors (Lipinski definition) is 12. The van der Waals surface area contributed by atoms with Gasteiger partial charge in [-0.2, -0.15) is 0 Å². The fourth-order valence-electron chi connectivity index (χ4n) is 6.08. The van der Waals surface area contributed by atoms with Crippen molar-refractivity contribution in [1.29, 1.82) is 0 Å². The summed E-state index contributed by atoms with van der Waals surface area (Å²) in [5.41, 5.74) is 7.21. The molecule has 4 fully saturated rings. The van der Waals surface area contributed by atoms with Crippen LogP contribution in [0.1, 0.15) is 6.92 Å². The molecule has 2 aromatic rings. The Morgan fingerprint density at radius 1 is 0.804 bits per heavy atom. The van der Waals surface area contributed by atoms with E-state index in [2.05, 4.69) is 14.0 Å². The molecule has 19 heteroatoms. The van der Waals surface area contributed by atoms with E-state index < -0.39 is 49.4 Å². The largest absolute Gasteiger partial charge is 0.443 e. The van der Waals surface area contributed by atoms with Crippen molar-refractivity contribution in [1.82, 2.24) is 5.32 Å². The van der Waals surface area contributed by atoms with Crippen LogP contribution in [0, 0.1) is 11.6 Å². The summed E-state index contributed by atoms with van der Waals surface area (Å²) >= 11 is 0. The minimum atomic E-state index is -2.17. The Balaban J connectivity index is 0.000000199. The number of hydrogen-bond donors (Lipinski definition) is 2. The first-order valence-corrected chi connectivity index (χ1v) is 20.2. The van der Waals surface area contributed by atoms with Crippen molar-refractivity contribution in [3.05, 3.63) is 48.0 Å². The standard InChI is InChI=1S/C17H23FN4O4S.C15H21FN4O3S/c1-12(23)20-10-14-11-22(17(24)26-14)13-3-4-16(15(18)9-13)21-5-7-27(25,19-2)8-6-21;1-18-24(22)6-4-19(5-7-24)14-3-2-11(8-13(14)16)20-10-12(9-17)23-15(20)21/h3-4,9,14H,5-8,10-11H2,1-2H3,(H,20,23);2-3,8,12H,4-7,9-10,17H2,1H3/t14-;12-/m00/s1. The molecule has 3 N–H and O–H groups in total. The molecular weight excluding hydrogens is 711 g/mol. The number of amides is 3. The van der Waals surface area contributed by atoms with Gasteiger partial charge >= 0.3 is 12.2 Å². The quantitative estimate of drug-likeness (QED) is 0.426. The summed E-state index contributed by atoms with van der Waals surface area (Å²) in [5.74, 6) is 0.608. The zero-order chi connectivity index (χ0) is 36.9. The third kappa shape index (κ3) is 8.99. The number of carbonyl (C=O) groups excluding carboxylic acids is 3. The maximum absolute atomic E-state index is 14.7. The van der Waals surface area contributed by atoms with Gasteiger partial charge in [-0.3, -0.25) is 14.6 Å². The molecule has 6 rings (SSSR count). The predicted octanol–water partition coefficient (Wildman–Crippen LogP) is 2.23. The van der Waals surface area contributed by atoms with Crippen molar-refractivity contribution >= 4 is 60.3 Å². The summed E-state index contributed by atoms with van der Waals surface area (Å²) in [4.78, 5) is 41.3. The maximum Gasteiger partial charge on any atom is 0.414 e. The number of carbonyl (C=O) groups is 3. The lowest BCUT2D eigenvalue weighted by Crippen LogP contribution is -2.40. The van der Waals surface area contributed by atoms with Gasteiger partial charge in [0, 0.05) is 96.2 Å². The molecule has 3 amide bonds. The first-order valence-electron chi connectivity index (χ1n) is 16.5. The number of nitrogens with one attached hydrogen (secondary N) is 1. The van der Waals surface area contributed by atoms with E-state index in [0.717, 1.165) is 0 Å². The van der Waals surface area contributed by atoms with Crippen LogP contribution in [0.25, 0.3) is 0 Å². The fraction of sp³-hybridized carbons (Fsp3) is 0.531. The van der Waals surface area contributed by atoms with Crippen LogP contribution in [-0.2, 0) is 33.7 Å². The highest BCUT2D eigenvalue weighted by Crippen LogP contribution is 2.30. The Morgan fingerprint density at radius 3 is 1.57 bits per heavy atom. The molecule has 2 atom stereocenters. The van der Waals surface area contributed by atoms with Crippen LogP contribution in [0.3, 0.4) is 0 Å². The number of anilines is 4. The summed E-state index contributed by atoms with van der Waals surface area (Å²) in [6.07, 6.45) is -1.93. The summed E-state index contributed by atoms with van der Waals surface area (Å²) in [6, 6.07) is 9.24. The van der Waals surface area contributed by atoms with E-state index in [1.807, 2.05) is 9.80 Å². The van der Waals surface area contributed by atoms with Gasteiger partial charge in [-0.25, -0.2) is 35.5 Å². The van der Waals surface area contributed by atoms with Gasteiger partial charge in [0.1, 0.15) is 23.8 Å². The highest BCUT2D eigenvalue weighted by molar-refractivity contribution is 7.94. The van der Waals surface area contributed by atoms with Crippen LogP contribution >= 0.6 is 0 Å². The van der Waals surface area contributed by atoms with E-state index in [-0.39, 0.29) is 31.6 Å². The van der Waals surface area contributed by atoms with Crippen molar-refractivity contribution in [3.63, 3.8) is 0 Å².